The van der Waals surface area contributed by atoms with E-state index in [-0.39, 0.29) is 0 Å². The van der Waals surface area contributed by atoms with Crippen molar-refractivity contribution in [3.8, 4) is 33.1 Å². The molecule has 0 amide bonds. The van der Waals surface area contributed by atoms with E-state index in [1.807, 2.05) is 36.4 Å². The first-order chi connectivity index (χ1) is 15.7. The second-order valence-corrected chi connectivity index (χ2v) is 9.09. The second-order valence-electron chi connectivity index (χ2n) is 8.15. The zero-order valence-corrected chi connectivity index (χ0v) is 19.1. The van der Waals surface area contributed by atoms with E-state index in [2.05, 4.69) is 22.4 Å². The standard InChI is InChI=1S/C26H28N2O3S/c1-29-20-9-7-18(8-10-20)19-16-21(30-14-13-28-11-3-2-4-12-28)24-22(17-19)31-26(27)25(24)23-6-5-15-32-23/h5-10,15-17H,2-4,11-14,27H2,1H3. The number of anilines is 1. The van der Waals surface area contributed by atoms with E-state index in [9.17, 15) is 0 Å². The summed E-state index contributed by atoms with van der Waals surface area (Å²) in [5.41, 5.74) is 10.1. The van der Waals surface area contributed by atoms with Crippen LogP contribution in [0.4, 0.5) is 5.88 Å². The average Bonchev–Trinajstić information content (AvgIpc) is 3.46. The molecule has 0 atom stereocenters. The number of hydrogen-bond acceptors (Lipinski definition) is 6. The van der Waals surface area contributed by atoms with Crippen LogP contribution in [0.1, 0.15) is 19.3 Å². The Morgan fingerprint density at radius 2 is 1.84 bits per heavy atom. The Balaban J connectivity index is 1.53. The number of nitrogens with zero attached hydrogens (tertiary/aromatic N) is 1. The zero-order chi connectivity index (χ0) is 21.9. The normalized spacial score (nSPS) is 14.7. The van der Waals surface area contributed by atoms with Crippen molar-refractivity contribution in [2.45, 2.75) is 19.3 Å². The van der Waals surface area contributed by atoms with Gasteiger partial charge in [0.1, 0.15) is 23.7 Å². The molecule has 1 saturated heterocycles. The number of piperidine rings is 1. The minimum Gasteiger partial charge on any atom is -0.497 e. The molecular formula is C26H28N2O3S. The van der Waals surface area contributed by atoms with Crippen molar-refractivity contribution >= 4 is 28.2 Å². The van der Waals surface area contributed by atoms with E-state index in [1.165, 1.54) is 19.3 Å². The van der Waals surface area contributed by atoms with Crippen LogP contribution in [0.25, 0.3) is 32.5 Å². The van der Waals surface area contributed by atoms with Gasteiger partial charge in [0, 0.05) is 11.4 Å². The molecule has 6 heteroatoms. The third-order valence-electron chi connectivity index (χ3n) is 6.09. The highest BCUT2D eigenvalue weighted by Gasteiger charge is 2.21. The third-order valence-corrected chi connectivity index (χ3v) is 6.97. The molecule has 5 rings (SSSR count). The monoisotopic (exact) mass is 448 g/mol. The van der Waals surface area contributed by atoms with E-state index < -0.39 is 0 Å². The van der Waals surface area contributed by atoms with Crippen LogP contribution in [0.15, 0.2) is 58.3 Å². The van der Waals surface area contributed by atoms with Gasteiger partial charge in [-0.3, -0.25) is 4.90 Å². The Morgan fingerprint density at radius 3 is 2.56 bits per heavy atom. The molecule has 0 aliphatic carbocycles. The van der Waals surface area contributed by atoms with Crippen molar-refractivity contribution < 1.29 is 13.9 Å². The topological polar surface area (TPSA) is 60.9 Å². The Hall–Kier alpha value is -2.96. The van der Waals surface area contributed by atoms with Gasteiger partial charge >= 0.3 is 0 Å². The summed E-state index contributed by atoms with van der Waals surface area (Å²) in [6.45, 7) is 3.87. The van der Waals surface area contributed by atoms with E-state index in [4.69, 9.17) is 19.6 Å². The summed E-state index contributed by atoms with van der Waals surface area (Å²) in [7, 11) is 1.67. The first-order valence-corrected chi connectivity index (χ1v) is 12.0. The Bertz CT molecular complexity index is 1180. The molecule has 2 aromatic heterocycles. The van der Waals surface area contributed by atoms with Gasteiger partial charge in [0.15, 0.2) is 0 Å². The van der Waals surface area contributed by atoms with Gasteiger partial charge in [-0.15, -0.1) is 11.3 Å². The van der Waals surface area contributed by atoms with Gasteiger partial charge in [0.25, 0.3) is 0 Å². The van der Waals surface area contributed by atoms with Crippen molar-refractivity contribution in [3.63, 3.8) is 0 Å². The summed E-state index contributed by atoms with van der Waals surface area (Å²) in [6, 6.07) is 16.3. The molecule has 166 valence electrons. The molecule has 1 aliphatic heterocycles. The molecule has 0 saturated carbocycles. The molecule has 2 aromatic carbocycles. The lowest BCUT2D eigenvalue weighted by Gasteiger charge is -2.26. The lowest BCUT2D eigenvalue weighted by atomic mass is 10.0. The highest BCUT2D eigenvalue weighted by molar-refractivity contribution is 7.13. The molecule has 1 aliphatic rings. The van der Waals surface area contributed by atoms with Gasteiger partial charge in [-0.25, -0.2) is 0 Å². The molecule has 3 heterocycles. The highest BCUT2D eigenvalue weighted by Crippen LogP contribution is 2.45. The second kappa shape index (κ2) is 9.27. The lowest BCUT2D eigenvalue weighted by Crippen LogP contribution is -2.33. The van der Waals surface area contributed by atoms with Crippen molar-refractivity contribution in [1.82, 2.24) is 4.90 Å². The predicted molar refractivity (Wildman–Crippen MR) is 132 cm³/mol. The Kier molecular flexibility index (Phi) is 6.06. The van der Waals surface area contributed by atoms with Gasteiger partial charge in [0.2, 0.25) is 5.88 Å². The minimum absolute atomic E-state index is 0.426. The lowest BCUT2D eigenvalue weighted by molar-refractivity contribution is 0.184. The smallest absolute Gasteiger partial charge is 0.200 e. The molecule has 2 N–H and O–H groups in total. The van der Waals surface area contributed by atoms with Crippen LogP contribution < -0.4 is 15.2 Å². The molecule has 0 unspecified atom stereocenters. The van der Waals surface area contributed by atoms with Crippen molar-refractivity contribution in [3.05, 3.63) is 53.9 Å². The molecule has 32 heavy (non-hydrogen) atoms. The molecule has 5 nitrogen and oxygen atoms in total. The van der Waals surface area contributed by atoms with Crippen molar-refractivity contribution in [2.24, 2.45) is 0 Å². The average molecular weight is 449 g/mol. The fourth-order valence-corrected chi connectivity index (χ4v) is 5.19. The number of methoxy groups -OCH3 is 1. The number of thiophene rings is 1. The summed E-state index contributed by atoms with van der Waals surface area (Å²) in [4.78, 5) is 3.57. The summed E-state index contributed by atoms with van der Waals surface area (Å²) >= 11 is 1.65. The summed E-state index contributed by atoms with van der Waals surface area (Å²) in [5.74, 6) is 2.07. The van der Waals surface area contributed by atoms with E-state index in [1.54, 1.807) is 18.4 Å². The van der Waals surface area contributed by atoms with Crippen LogP contribution >= 0.6 is 11.3 Å². The number of ether oxygens (including phenoxy) is 2. The van der Waals surface area contributed by atoms with E-state index >= 15 is 0 Å². The van der Waals surface area contributed by atoms with Crippen LogP contribution in [-0.2, 0) is 0 Å². The van der Waals surface area contributed by atoms with Crippen molar-refractivity contribution in [1.29, 1.82) is 0 Å². The maximum Gasteiger partial charge on any atom is 0.200 e. The molecule has 0 bridgehead atoms. The molecule has 0 spiro atoms. The fraction of sp³-hybridized carbons (Fsp3) is 0.308. The number of benzene rings is 2. The van der Waals surface area contributed by atoms with Crippen LogP contribution in [0.3, 0.4) is 0 Å². The minimum atomic E-state index is 0.426. The summed E-state index contributed by atoms with van der Waals surface area (Å²) in [6.07, 6.45) is 3.89. The van der Waals surface area contributed by atoms with Crippen LogP contribution in [0.2, 0.25) is 0 Å². The number of likely N-dealkylation sites (tertiary alicyclic amines) is 1. The van der Waals surface area contributed by atoms with Gasteiger partial charge in [-0.05, 0) is 72.8 Å². The number of nitrogen functional groups attached to an aromatic ring is 1. The maximum atomic E-state index is 6.40. The molecule has 4 aromatic rings. The van der Waals surface area contributed by atoms with Crippen LogP contribution in [0.5, 0.6) is 11.5 Å². The van der Waals surface area contributed by atoms with E-state index in [0.29, 0.717) is 12.5 Å². The zero-order valence-electron chi connectivity index (χ0n) is 18.3. The number of nitrogens with two attached hydrogens (primary N) is 1. The first-order valence-electron chi connectivity index (χ1n) is 11.1. The SMILES string of the molecule is COc1ccc(-c2cc(OCCN3CCCCC3)c3c(-c4cccs4)c(N)oc3c2)cc1. The van der Waals surface area contributed by atoms with Gasteiger partial charge < -0.3 is 19.6 Å². The largest absolute Gasteiger partial charge is 0.497 e. The fourth-order valence-electron chi connectivity index (χ4n) is 4.41. The predicted octanol–water partition coefficient (Wildman–Crippen LogP) is 6.28. The quantitative estimate of drug-likeness (QED) is 0.360. The summed E-state index contributed by atoms with van der Waals surface area (Å²) in [5, 5.41) is 3.00. The van der Waals surface area contributed by atoms with Crippen molar-refractivity contribution in [2.75, 3.05) is 39.1 Å². The maximum absolute atomic E-state index is 6.40. The highest BCUT2D eigenvalue weighted by atomic mass is 32.1. The third kappa shape index (κ3) is 4.20. The van der Waals surface area contributed by atoms with Gasteiger partial charge in [-0.2, -0.15) is 0 Å². The molecular weight excluding hydrogens is 420 g/mol. The van der Waals surface area contributed by atoms with Crippen LogP contribution in [-0.4, -0.2) is 38.3 Å². The Morgan fingerprint density at radius 1 is 1.03 bits per heavy atom. The Labute approximate surface area is 192 Å². The number of furan rings is 1. The molecule has 0 radical (unpaired) electrons. The number of fused-ring (bicyclic) bond motifs is 1. The van der Waals surface area contributed by atoms with Crippen LogP contribution in [0, 0.1) is 0 Å². The van der Waals surface area contributed by atoms with Gasteiger partial charge in [0.05, 0.1) is 18.1 Å². The first kappa shape index (κ1) is 20.9. The van der Waals surface area contributed by atoms with E-state index in [0.717, 1.165) is 63.7 Å². The number of hydrogen-bond donors (Lipinski definition) is 1. The summed E-state index contributed by atoms with van der Waals surface area (Å²) < 4.78 is 17.7. The number of rotatable bonds is 7. The van der Waals surface area contributed by atoms with Gasteiger partial charge in [-0.1, -0.05) is 24.6 Å². The molecule has 1 fully saturated rings.